The second kappa shape index (κ2) is 4.99. The molecule has 0 aliphatic heterocycles. The summed E-state index contributed by atoms with van der Waals surface area (Å²) in [6.07, 6.45) is 0. The summed E-state index contributed by atoms with van der Waals surface area (Å²) in [4.78, 5) is 31.0. The molecule has 2 heterocycles. The fraction of sp³-hybridized carbons (Fsp3) is 0. The zero-order chi connectivity index (χ0) is 16.0. The number of non-ortho nitro benzene ring substituents is 1. The third kappa shape index (κ3) is 2.18. The number of aromatic nitrogens is 2. The first-order valence-corrected chi connectivity index (χ1v) is 7.66. The number of rotatable bonds is 2. The molecule has 0 aliphatic carbocycles. The van der Waals surface area contributed by atoms with Gasteiger partial charge in [0.05, 0.1) is 26.2 Å². The highest BCUT2D eigenvalue weighted by molar-refractivity contribution is 7.13. The van der Waals surface area contributed by atoms with E-state index < -0.39 is 4.92 Å². The summed E-state index contributed by atoms with van der Waals surface area (Å²) in [6.45, 7) is 0. The van der Waals surface area contributed by atoms with Gasteiger partial charge in [-0.25, -0.2) is 4.98 Å². The maximum absolute atomic E-state index is 12.2. The summed E-state index contributed by atoms with van der Waals surface area (Å²) in [5, 5.41) is 14.2. The second-order valence-corrected chi connectivity index (χ2v) is 5.96. The van der Waals surface area contributed by atoms with Crippen LogP contribution < -0.4 is 5.56 Å². The highest BCUT2D eigenvalue weighted by Crippen LogP contribution is 2.29. The molecule has 0 saturated heterocycles. The average Bonchev–Trinajstić information content (AvgIpc) is 3.05. The molecular weight excluding hydrogens is 314 g/mol. The van der Waals surface area contributed by atoms with E-state index in [9.17, 15) is 14.9 Å². The summed E-state index contributed by atoms with van der Waals surface area (Å²) >= 11 is 1.42. The zero-order valence-corrected chi connectivity index (χ0v) is 12.5. The number of hydrogen-bond donors (Lipinski definition) is 1. The molecule has 0 fully saturated rings. The van der Waals surface area contributed by atoms with E-state index in [0.717, 1.165) is 4.88 Å². The first-order valence-electron chi connectivity index (χ1n) is 6.78. The maximum atomic E-state index is 12.2. The van der Waals surface area contributed by atoms with Crippen molar-refractivity contribution in [2.75, 3.05) is 0 Å². The van der Waals surface area contributed by atoms with Crippen molar-refractivity contribution in [2.24, 2.45) is 0 Å². The molecule has 0 saturated carbocycles. The van der Waals surface area contributed by atoms with Crippen LogP contribution in [0.3, 0.4) is 0 Å². The molecule has 0 spiro atoms. The number of aromatic amines is 1. The molecule has 4 rings (SSSR count). The second-order valence-electron chi connectivity index (χ2n) is 5.02. The molecule has 4 aromatic rings. The van der Waals surface area contributed by atoms with Gasteiger partial charge in [0.25, 0.3) is 11.2 Å². The number of fused-ring (bicyclic) bond motifs is 2. The molecule has 0 radical (unpaired) electrons. The summed E-state index contributed by atoms with van der Waals surface area (Å²) in [5.74, 6) is 0. The largest absolute Gasteiger partial charge is 0.319 e. The van der Waals surface area contributed by atoms with Crippen molar-refractivity contribution in [1.82, 2.24) is 9.97 Å². The average molecular weight is 323 g/mol. The number of nitrogens with zero attached hydrogens (tertiary/aromatic N) is 2. The van der Waals surface area contributed by atoms with Crippen LogP contribution in [0.1, 0.15) is 0 Å². The summed E-state index contributed by atoms with van der Waals surface area (Å²) in [5.41, 5.74) is 1.16. The molecule has 0 amide bonds. The van der Waals surface area contributed by atoms with E-state index in [-0.39, 0.29) is 11.2 Å². The summed E-state index contributed by atoms with van der Waals surface area (Å²) < 4.78 is 0. The summed E-state index contributed by atoms with van der Waals surface area (Å²) in [6, 6.07) is 11.9. The van der Waals surface area contributed by atoms with Crippen molar-refractivity contribution in [1.29, 1.82) is 0 Å². The van der Waals surface area contributed by atoms with Crippen LogP contribution in [0.5, 0.6) is 0 Å². The van der Waals surface area contributed by atoms with Crippen molar-refractivity contribution >= 4 is 38.8 Å². The predicted octanol–water partition coefficient (Wildman–Crippen LogP) is 3.71. The van der Waals surface area contributed by atoms with Crippen LogP contribution >= 0.6 is 11.3 Å². The lowest BCUT2D eigenvalue weighted by molar-refractivity contribution is -0.383. The highest BCUT2D eigenvalue weighted by Gasteiger charge is 2.14. The SMILES string of the molecule is O=c1[nH]c2cc3cccc([N+](=O)[O-])c3cc2nc1-c1cccs1. The molecule has 7 heteroatoms. The van der Waals surface area contributed by atoms with Crippen LogP contribution in [-0.2, 0) is 0 Å². The van der Waals surface area contributed by atoms with Crippen molar-refractivity contribution in [3.8, 4) is 10.6 Å². The fourth-order valence-corrected chi connectivity index (χ4v) is 3.29. The Kier molecular flexibility index (Phi) is 2.95. The van der Waals surface area contributed by atoms with Gasteiger partial charge in [-0.2, -0.15) is 0 Å². The minimum Gasteiger partial charge on any atom is -0.319 e. The maximum Gasteiger partial charge on any atom is 0.277 e. The lowest BCUT2D eigenvalue weighted by Gasteiger charge is -2.04. The number of thiophene rings is 1. The van der Waals surface area contributed by atoms with Gasteiger partial charge in [0.2, 0.25) is 0 Å². The number of nitrogens with one attached hydrogen (secondary N) is 1. The van der Waals surface area contributed by atoms with Crippen LogP contribution in [0.2, 0.25) is 0 Å². The van der Waals surface area contributed by atoms with E-state index in [1.807, 2.05) is 17.5 Å². The molecule has 0 bridgehead atoms. The van der Waals surface area contributed by atoms with Gasteiger partial charge in [0.1, 0.15) is 5.69 Å². The number of H-pyrrole nitrogens is 1. The molecular formula is C16H9N3O3S. The lowest BCUT2D eigenvalue weighted by atomic mass is 10.1. The number of nitro groups is 1. The van der Waals surface area contributed by atoms with Gasteiger partial charge in [-0.3, -0.25) is 14.9 Å². The quantitative estimate of drug-likeness (QED) is 0.346. The Hall–Kier alpha value is -3.06. The molecule has 1 N–H and O–H groups in total. The number of benzene rings is 2. The van der Waals surface area contributed by atoms with Gasteiger partial charge in [0, 0.05) is 6.07 Å². The minimum absolute atomic E-state index is 0.0232. The third-order valence-corrected chi connectivity index (χ3v) is 4.50. The van der Waals surface area contributed by atoms with E-state index in [0.29, 0.717) is 27.5 Å². The normalized spacial score (nSPS) is 11.1. The van der Waals surface area contributed by atoms with Crippen LogP contribution in [0, 0.1) is 10.1 Å². The van der Waals surface area contributed by atoms with Gasteiger partial charge in [-0.15, -0.1) is 11.3 Å². The van der Waals surface area contributed by atoms with E-state index in [1.165, 1.54) is 17.4 Å². The van der Waals surface area contributed by atoms with Crippen LogP contribution in [0.15, 0.2) is 52.6 Å². The lowest BCUT2D eigenvalue weighted by Crippen LogP contribution is -2.10. The molecule has 2 aromatic heterocycles. The van der Waals surface area contributed by atoms with Gasteiger partial charge >= 0.3 is 0 Å². The van der Waals surface area contributed by atoms with E-state index in [1.54, 1.807) is 24.3 Å². The topological polar surface area (TPSA) is 88.9 Å². The third-order valence-electron chi connectivity index (χ3n) is 3.62. The van der Waals surface area contributed by atoms with Crippen LogP contribution in [-0.4, -0.2) is 14.9 Å². The van der Waals surface area contributed by atoms with Crippen molar-refractivity contribution in [2.45, 2.75) is 0 Å². The van der Waals surface area contributed by atoms with E-state index in [2.05, 4.69) is 9.97 Å². The predicted molar refractivity (Wildman–Crippen MR) is 89.8 cm³/mol. The van der Waals surface area contributed by atoms with Crippen molar-refractivity contribution in [3.05, 3.63) is 68.3 Å². The smallest absolute Gasteiger partial charge is 0.277 e. The molecule has 0 unspecified atom stereocenters. The fourth-order valence-electron chi connectivity index (χ4n) is 2.58. The Morgan fingerprint density at radius 1 is 1.17 bits per heavy atom. The van der Waals surface area contributed by atoms with Gasteiger partial charge in [0.15, 0.2) is 0 Å². The van der Waals surface area contributed by atoms with Crippen LogP contribution in [0.25, 0.3) is 32.4 Å². The molecule has 6 nitrogen and oxygen atoms in total. The highest BCUT2D eigenvalue weighted by atomic mass is 32.1. The molecule has 23 heavy (non-hydrogen) atoms. The molecule has 112 valence electrons. The Morgan fingerprint density at radius 3 is 2.78 bits per heavy atom. The molecule has 2 aromatic carbocycles. The monoisotopic (exact) mass is 323 g/mol. The van der Waals surface area contributed by atoms with Gasteiger partial charge < -0.3 is 4.98 Å². The standard InChI is InChI=1S/C16H9N3O3S/c20-16-15(14-5-2-6-23-14)17-12-8-10-9(7-11(12)18-16)3-1-4-13(10)19(21)22/h1-8H,(H,18,20). The Morgan fingerprint density at radius 2 is 2.04 bits per heavy atom. The first-order chi connectivity index (χ1) is 11.1. The van der Waals surface area contributed by atoms with Crippen molar-refractivity contribution in [3.63, 3.8) is 0 Å². The summed E-state index contributed by atoms with van der Waals surface area (Å²) in [7, 11) is 0. The Bertz CT molecular complexity index is 1120. The number of nitro benzene ring substituents is 1. The zero-order valence-electron chi connectivity index (χ0n) is 11.6. The molecule has 0 atom stereocenters. The van der Waals surface area contributed by atoms with Crippen molar-refractivity contribution < 1.29 is 4.92 Å². The minimum atomic E-state index is -0.417. The first kappa shape index (κ1) is 13.6. The van der Waals surface area contributed by atoms with Crippen LogP contribution in [0.4, 0.5) is 5.69 Å². The van der Waals surface area contributed by atoms with E-state index in [4.69, 9.17) is 0 Å². The molecule has 0 aliphatic rings. The number of hydrogen-bond acceptors (Lipinski definition) is 5. The Labute approximate surface area is 133 Å². The van der Waals surface area contributed by atoms with Gasteiger partial charge in [-0.05, 0) is 29.0 Å². The van der Waals surface area contributed by atoms with Gasteiger partial charge in [-0.1, -0.05) is 18.2 Å². The van der Waals surface area contributed by atoms with E-state index >= 15 is 0 Å². The Balaban J connectivity index is 2.08.